The minimum Gasteiger partial charge on any atom is -0.338 e. The van der Waals surface area contributed by atoms with Gasteiger partial charge in [0.05, 0.1) is 28.2 Å². The van der Waals surface area contributed by atoms with Crippen LogP contribution in [0.2, 0.25) is 10.0 Å². The van der Waals surface area contributed by atoms with Crippen LogP contribution in [-0.4, -0.2) is 48.4 Å². The second-order valence-corrected chi connectivity index (χ2v) is 10.6. The first kappa shape index (κ1) is 22.1. The zero-order valence-corrected chi connectivity index (χ0v) is 20.6. The maximum absolute atomic E-state index is 13.8. The van der Waals surface area contributed by atoms with E-state index in [-0.39, 0.29) is 11.8 Å². The summed E-state index contributed by atoms with van der Waals surface area (Å²) in [7, 11) is 0. The summed E-state index contributed by atoms with van der Waals surface area (Å²) in [5.41, 5.74) is 2.41. The van der Waals surface area contributed by atoms with Gasteiger partial charge in [-0.05, 0) is 56.7 Å². The minimum absolute atomic E-state index is 0.0542. The highest BCUT2D eigenvalue weighted by Gasteiger charge is 2.36. The van der Waals surface area contributed by atoms with E-state index in [2.05, 4.69) is 19.9 Å². The normalized spacial score (nSPS) is 20.8. The Morgan fingerprint density at radius 3 is 2.68 bits per heavy atom. The van der Waals surface area contributed by atoms with Gasteiger partial charge in [-0.2, -0.15) is 5.10 Å². The first-order chi connectivity index (χ1) is 16.6. The molecule has 2 aliphatic heterocycles. The predicted octanol–water partition coefficient (Wildman–Crippen LogP) is 5.39. The van der Waals surface area contributed by atoms with Gasteiger partial charge in [0.15, 0.2) is 0 Å². The summed E-state index contributed by atoms with van der Waals surface area (Å²) in [6.07, 6.45) is 10.4. The van der Waals surface area contributed by atoms with E-state index in [4.69, 9.17) is 23.2 Å². The Labute approximate surface area is 209 Å². The van der Waals surface area contributed by atoms with Gasteiger partial charge >= 0.3 is 0 Å². The average Bonchev–Trinajstić information content (AvgIpc) is 3.53. The quantitative estimate of drug-likeness (QED) is 0.483. The molecule has 34 heavy (non-hydrogen) atoms. The molecule has 1 amide bonds. The monoisotopic (exact) mass is 498 g/mol. The molecule has 7 nitrogen and oxygen atoms in total. The number of fused-ring (bicyclic) bond motifs is 1. The van der Waals surface area contributed by atoms with Crippen LogP contribution in [-0.2, 0) is 13.0 Å². The molecule has 2 fully saturated rings. The van der Waals surface area contributed by atoms with E-state index in [0.717, 1.165) is 68.2 Å². The lowest BCUT2D eigenvalue weighted by Crippen LogP contribution is -2.40. The van der Waals surface area contributed by atoms with Crippen LogP contribution in [0.1, 0.15) is 84.5 Å². The largest absolute Gasteiger partial charge is 0.338 e. The number of halogens is 2. The number of hydrogen-bond donors (Lipinski definition) is 0. The van der Waals surface area contributed by atoms with Crippen LogP contribution in [0.3, 0.4) is 0 Å². The van der Waals surface area contributed by atoms with E-state index in [1.54, 1.807) is 18.3 Å². The molecule has 6 rings (SSSR count). The topological polar surface area (TPSA) is 68.8 Å². The number of benzene rings is 1. The lowest BCUT2D eigenvalue weighted by Gasteiger charge is -2.32. The first-order valence-corrected chi connectivity index (χ1v) is 13.1. The van der Waals surface area contributed by atoms with E-state index in [0.29, 0.717) is 28.1 Å². The van der Waals surface area contributed by atoms with Crippen molar-refractivity contribution in [3.8, 4) is 5.69 Å². The molecule has 0 bridgehead atoms. The molecule has 0 N–H and O–H groups in total. The lowest BCUT2D eigenvalue weighted by atomic mass is 9.96. The molecular formula is C25H28Cl2N6O. The zero-order chi connectivity index (χ0) is 23.2. The van der Waals surface area contributed by atoms with Crippen LogP contribution in [0.4, 0.5) is 0 Å². The maximum atomic E-state index is 13.8. The standard InChI is InChI=1S/C25H28Cl2N6O/c26-18-9-10-21(20(27)13-18)33-23(16-7-8-16)19(14-28-33)25(34)31-11-4-5-17(15-31)24-30-29-22-6-2-1-3-12-32(22)24/h9-10,13-14,16-17H,1-8,11-12,15H2. The van der Waals surface area contributed by atoms with Crippen LogP contribution in [0.15, 0.2) is 24.4 Å². The molecule has 1 saturated heterocycles. The summed E-state index contributed by atoms with van der Waals surface area (Å²) in [6, 6.07) is 5.39. The SMILES string of the molecule is O=C(c1cnn(-c2ccc(Cl)cc2Cl)c1C1CC1)N1CCCC(c2nnc3n2CCCCC3)C1. The third kappa shape index (κ3) is 4.03. The van der Waals surface area contributed by atoms with Gasteiger partial charge in [0.2, 0.25) is 0 Å². The number of aryl methyl sites for hydroxylation is 1. The molecule has 4 heterocycles. The van der Waals surface area contributed by atoms with Gasteiger partial charge in [-0.3, -0.25) is 4.79 Å². The summed E-state index contributed by atoms with van der Waals surface area (Å²) in [6.45, 7) is 2.42. The highest BCUT2D eigenvalue weighted by molar-refractivity contribution is 6.35. The summed E-state index contributed by atoms with van der Waals surface area (Å²) < 4.78 is 4.16. The van der Waals surface area contributed by atoms with Crippen LogP contribution >= 0.6 is 23.2 Å². The van der Waals surface area contributed by atoms with Crippen LogP contribution in [0, 0.1) is 0 Å². The third-order valence-electron chi connectivity index (χ3n) is 7.35. The zero-order valence-electron chi connectivity index (χ0n) is 19.1. The Hall–Kier alpha value is -2.38. The summed E-state index contributed by atoms with van der Waals surface area (Å²) >= 11 is 12.6. The first-order valence-electron chi connectivity index (χ1n) is 12.3. The van der Waals surface area contributed by atoms with Crippen molar-refractivity contribution in [3.63, 3.8) is 0 Å². The highest BCUT2D eigenvalue weighted by Crippen LogP contribution is 2.43. The maximum Gasteiger partial charge on any atom is 0.257 e. The van der Waals surface area contributed by atoms with Crippen LogP contribution in [0.25, 0.3) is 5.69 Å². The van der Waals surface area contributed by atoms with Gasteiger partial charge in [-0.25, -0.2) is 4.68 Å². The molecule has 1 atom stereocenters. The Balaban J connectivity index is 1.28. The molecule has 1 saturated carbocycles. The molecule has 2 aromatic heterocycles. The van der Waals surface area contributed by atoms with E-state index in [9.17, 15) is 4.79 Å². The molecule has 3 aliphatic rings. The molecule has 3 aromatic rings. The van der Waals surface area contributed by atoms with Crippen molar-refractivity contribution in [1.82, 2.24) is 29.4 Å². The van der Waals surface area contributed by atoms with Crippen molar-refractivity contribution in [1.29, 1.82) is 0 Å². The molecule has 0 radical (unpaired) electrons. The van der Waals surface area contributed by atoms with Gasteiger partial charge in [-0.15, -0.1) is 10.2 Å². The fourth-order valence-corrected chi connectivity index (χ4v) is 5.96. The number of rotatable bonds is 4. The second-order valence-electron chi connectivity index (χ2n) is 9.75. The Morgan fingerprint density at radius 2 is 1.85 bits per heavy atom. The van der Waals surface area contributed by atoms with Crippen molar-refractivity contribution in [2.75, 3.05) is 13.1 Å². The van der Waals surface area contributed by atoms with Crippen LogP contribution < -0.4 is 0 Å². The molecular weight excluding hydrogens is 471 g/mol. The number of nitrogens with zero attached hydrogens (tertiary/aromatic N) is 6. The number of piperidine rings is 1. The summed E-state index contributed by atoms with van der Waals surface area (Å²) in [5, 5.41) is 14.8. The van der Waals surface area contributed by atoms with Gasteiger partial charge in [0, 0.05) is 42.9 Å². The Morgan fingerprint density at radius 1 is 0.971 bits per heavy atom. The minimum atomic E-state index is 0.0542. The number of amides is 1. The van der Waals surface area contributed by atoms with E-state index in [1.165, 1.54) is 19.3 Å². The fraction of sp³-hybridized carbons (Fsp3) is 0.520. The lowest BCUT2D eigenvalue weighted by molar-refractivity contribution is 0.0702. The molecule has 1 aromatic carbocycles. The third-order valence-corrected chi connectivity index (χ3v) is 7.89. The highest BCUT2D eigenvalue weighted by atomic mass is 35.5. The van der Waals surface area contributed by atoms with E-state index < -0.39 is 0 Å². The average molecular weight is 499 g/mol. The Kier molecular flexibility index (Phi) is 5.86. The number of hydrogen-bond acceptors (Lipinski definition) is 4. The van der Waals surface area contributed by atoms with E-state index in [1.807, 2.05) is 15.6 Å². The van der Waals surface area contributed by atoms with Gasteiger partial charge < -0.3 is 9.47 Å². The van der Waals surface area contributed by atoms with Gasteiger partial charge in [0.1, 0.15) is 11.6 Å². The van der Waals surface area contributed by atoms with Crippen molar-refractivity contribution in [3.05, 3.63) is 57.3 Å². The summed E-state index contributed by atoms with van der Waals surface area (Å²) in [5.74, 6) is 2.77. The van der Waals surface area contributed by atoms with Crippen molar-refractivity contribution in [2.24, 2.45) is 0 Å². The fourth-order valence-electron chi connectivity index (χ4n) is 5.47. The number of aromatic nitrogens is 5. The summed E-state index contributed by atoms with van der Waals surface area (Å²) in [4.78, 5) is 15.8. The smallest absolute Gasteiger partial charge is 0.257 e. The van der Waals surface area contributed by atoms with Crippen molar-refractivity contribution in [2.45, 2.75) is 69.7 Å². The van der Waals surface area contributed by atoms with Gasteiger partial charge in [0.25, 0.3) is 5.91 Å². The molecule has 1 aliphatic carbocycles. The number of carbonyl (C=O) groups is 1. The van der Waals surface area contributed by atoms with E-state index >= 15 is 0 Å². The van der Waals surface area contributed by atoms with Crippen LogP contribution in [0.5, 0.6) is 0 Å². The molecule has 9 heteroatoms. The number of carbonyl (C=O) groups excluding carboxylic acids is 1. The molecule has 0 spiro atoms. The molecule has 1 unspecified atom stereocenters. The second kappa shape index (κ2) is 9.00. The van der Waals surface area contributed by atoms with Crippen molar-refractivity contribution >= 4 is 29.1 Å². The molecule has 178 valence electrons. The number of likely N-dealkylation sites (tertiary alicyclic amines) is 1. The van der Waals surface area contributed by atoms with Gasteiger partial charge in [-0.1, -0.05) is 29.6 Å². The Bertz CT molecular complexity index is 1230. The van der Waals surface area contributed by atoms with Crippen molar-refractivity contribution < 1.29 is 4.79 Å². The predicted molar refractivity (Wildman–Crippen MR) is 131 cm³/mol.